The van der Waals surface area contributed by atoms with Crippen molar-refractivity contribution in [3.05, 3.63) is 47.2 Å². The van der Waals surface area contributed by atoms with E-state index in [0.29, 0.717) is 0 Å². The molecule has 6 heteroatoms. The fourth-order valence-corrected chi connectivity index (χ4v) is 3.64. The topological polar surface area (TPSA) is 48.5 Å². The number of amides is 1. The first-order valence-corrected chi connectivity index (χ1v) is 8.66. The van der Waals surface area contributed by atoms with Gasteiger partial charge in [-0.3, -0.25) is 9.69 Å². The van der Waals surface area contributed by atoms with Gasteiger partial charge in [-0.1, -0.05) is 30.3 Å². The number of benzene rings is 1. The highest BCUT2D eigenvalue weighted by atomic mass is 32.1. The minimum Gasteiger partial charge on any atom is -0.378 e. The number of nitrogens with zero attached hydrogens (tertiary/aromatic N) is 3. The number of hydrogen-bond acceptors (Lipinski definition) is 5. The molecule has 1 N–H and O–H groups in total. The predicted molar refractivity (Wildman–Crippen MR) is 94.0 cm³/mol. The van der Waals surface area contributed by atoms with Gasteiger partial charge in [0.25, 0.3) is 5.91 Å². The standard InChI is InChI=1S/C17H22N4OS/c1-13-15(16(18-2)23-19-13)17(22)21-10-8-20(9-11-21)12-14-6-4-3-5-7-14/h3-7,18H,8-12H2,1-2H3. The van der Waals surface area contributed by atoms with Crippen LogP contribution in [0.4, 0.5) is 5.00 Å². The van der Waals surface area contributed by atoms with Gasteiger partial charge >= 0.3 is 0 Å². The third-order valence-electron chi connectivity index (χ3n) is 4.21. The quantitative estimate of drug-likeness (QED) is 0.935. The van der Waals surface area contributed by atoms with Gasteiger partial charge in [0.15, 0.2) is 0 Å². The number of nitrogens with one attached hydrogen (secondary N) is 1. The fraction of sp³-hybridized carbons (Fsp3) is 0.412. The molecule has 1 aliphatic rings. The highest BCUT2D eigenvalue weighted by Gasteiger charge is 2.26. The molecule has 0 unspecified atom stereocenters. The Morgan fingerprint density at radius 1 is 1.22 bits per heavy atom. The molecule has 1 aromatic carbocycles. The van der Waals surface area contributed by atoms with Gasteiger partial charge in [0.2, 0.25) is 0 Å². The second kappa shape index (κ2) is 7.10. The van der Waals surface area contributed by atoms with E-state index in [1.165, 1.54) is 17.1 Å². The van der Waals surface area contributed by atoms with Crippen molar-refractivity contribution in [2.75, 3.05) is 38.5 Å². The van der Waals surface area contributed by atoms with Crippen LogP contribution in [-0.2, 0) is 6.54 Å². The van der Waals surface area contributed by atoms with Crippen LogP contribution >= 0.6 is 11.5 Å². The predicted octanol–water partition coefficient (Wildman–Crippen LogP) is 2.45. The molecular formula is C17H22N4OS. The largest absolute Gasteiger partial charge is 0.378 e. The summed E-state index contributed by atoms with van der Waals surface area (Å²) in [4.78, 5) is 17.1. The number of carbonyl (C=O) groups excluding carboxylic acids is 1. The average Bonchev–Trinajstić information content (AvgIpc) is 2.96. The molecule has 0 atom stereocenters. The first-order valence-electron chi connectivity index (χ1n) is 7.88. The number of aromatic nitrogens is 1. The average molecular weight is 330 g/mol. The van der Waals surface area contributed by atoms with E-state index in [1.54, 1.807) is 0 Å². The van der Waals surface area contributed by atoms with Gasteiger partial charge in [-0.15, -0.1) is 0 Å². The molecule has 1 fully saturated rings. The van der Waals surface area contributed by atoms with Crippen LogP contribution in [-0.4, -0.2) is 53.3 Å². The number of rotatable bonds is 4. The zero-order valence-electron chi connectivity index (χ0n) is 13.6. The van der Waals surface area contributed by atoms with Gasteiger partial charge in [0.05, 0.1) is 11.3 Å². The number of aryl methyl sites for hydroxylation is 1. The minimum atomic E-state index is 0.0972. The van der Waals surface area contributed by atoms with Crippen LogP contribution in [0.25, 0.3) is 0 Å². The summed E-state index contributed by atoms with van der Waals surface area (Å²) in [6.07, 6.45) is 0. The number of piperazine rings is 1. The summed E-state index contributed by atoms with van der Waals surface area (Å²) in [5.41, 5.74) is 2.87. The highest BCUT2D eigenvalue weighted by Crippen LogP contribution is 2.25. The molecule has 2 aromatic rings. The fourth-order valence-electron chi connectivity index (χ4n) is 2.90. The maximum Gasteiger partial charge on any atom is 0.258 e. The van der Waals surface area contributed by atoms with E-state index in [4.69, 9.17) is 0 Å². The van der Waals surface area contributed by atoms with Gasteiger partial charge in [-0.25, -0.2) is 0 Å². The second-order valence-electron chi connectivity index (χ2n) is 5.78. The molecule has 1 saturated heterocycles. The smallest absolute Gasteiger partial charge is 0.258 e. The van der Waals surface area contributed by atoms with E-state index < -0.39 is 0 Å². The van der Waals surface area contributed by atoms with E-state index in [9.17, 15) is 4.79 Å². The molecule has 1 aromatic heterocycles. The van der Waals surface area contributed by atoms with Crippen LogP contribution in [0.3, 0.4) is 0 Å². The van der Waals surface area contributed by atoms with Crippen LogP contribution in [0.15, 0.2) is 30.3 Å². The van der Waals surface area contributed by atoms with E-state index in [2.05, 4.69) is 38.9 Å². The lowest BCUT2D eigenvalue weighted by atomic mass is 10.1. The van der Waals surface area contributed by atoms with Crippen molar-refractivity contribution in [2.45, 2.75) is 13.5 Å². The molecule has 0 saturated carbocycles. The van der Waals surface area contributed by atoms with Crippen molar-refractivity contribution in [3.63, 3.8) is 0 Å². The molecule has 2 heterocycles. The van der Waals surface area contributed by atoms with Gasteiger partial charge in [-0.05, 0) is 24.0 Å². The van der Waals surface area contributed by atoms with E-state index in [0.717, 1.165) is 49.0 Å². The van der Waals surface area contributed by atoms with Gasteiger partial charge in [0, 0.05) is 39.8 Å². The maximum absolute atomic E-state index is 12.8. The lowest BCUT2D eigenvalue weighted by Crippen LogP contribution is -2.48. The summed E-state index contributed by atoms with van der Waals surface area (Å²) < 4.78 is 4.30. The Labute approximate surface area is 141 Å². The van der Waals surface area contributed by atoms with E-state index in [1.807, 2.05) is 24.9 Å². The van der Waals surface area contributed by atoms with Crippen LogP contribution in [0.2, 0.25) is 0 Å². The van der Waals surface area contributed by atoms with Crippen molar-refractivity contribution in [2.24, 2.45) is 0 Å². The Morgan fingerprint density at radius 2 is 1.91 bits per heavy atom. The van der Waals surface area contributed by atoms with Crippen LogP contribution in [0.5, 0.6) is 0 Å². The van der Waals surface area contributed by atoms with Gasteiger partial charge in [0.1, 0.15) is 5.00 Å². The summed E-state index contributed by atoms with van der Waals surface area (Å²) in [7, 11) is 1.83. The van der Waals surface area contributed by atoms with Crippen LogP contribution < -0.4 is 5.32 Å². The third kappa shape index (κ3) is 3.54. The Morgan fingerprint density at radius 3 is 2.57 bits per heavy atom. The SMILES string of the molecule is CNc1snc(C)c1C(=O)N1CCN(Cc2ccccc2)CC1. The van der Waals surface area contributed by atoms with Crippen LogP contribution in [0, 0.1) is 6.92 Å². The maximum atomic E-state index is 12.8. The number of hydrogen-bond donors (Lipinski definition) is 1. The normalized spacial score (nSPS) is 15.7. The molecule has 0 radical (unpaired) electrons. The van der Waals surface area contributed by atoms with Crippen molar-refractivity contribution in [3.8, 4) is 0 Å². The zero-order chi connectivity index (χ0) is 16.2. The first kappa shape index (κ1) is 16.0. The molecule has 23 heavy (non-hydrogen) atoms. The third-order valence-corrected chi connectivity index (χ3v) is 5.17. The summed E-state index contributed by atoms with van der Waals surface area (Å²) in [6, 6.07) is 10.5. The Balaban J connectivity index is 1.60. The van der Waals surface area contributed by atoms with E-state index >= 15 is 0 Å². The summed E-state index contributed by atoms with van der Waals surface area (Å²) in [6.45, 7) is 6.20. The second-order valence-corrected chi connectivity index (χ2v) is 6.55. The van der Waals surface area contributed by atoms with Gasteiger partial charge in [-0.2, -0.15) is 4.37 Å². The lowest BCUT2D eigenvalue weighted by molar-refractivity contribution is 0.0629. The first-order chi connectivity index (χ1) is 11.2. The monoisotopic (exact) mass is 330 g/mol. The molecule has 1 aliphatic heterocycles. The van der Waals surface area contributed by atoms with Crippen molar-refractivity contribution < 1.29 is 4.79 Å². The zero-order valence-corrected chi connectivity index (χ0v) is 14.4. The summed E-state index contributed by atoms with van der Waals surface area (Å²) >= 11 is 1.35. The Hall–Kier alpha value is -1.92. The highest BCUT2D eigenvalue weighted by molar-refractivity contribution is 7.10. The number of carbonyl (C=O) groups is 1. The van der Waals surface area contributed by atoms with Crippen molar-refractivity contribution in [1.82, 2.24) is 14.2 Å². The lowest BCUT2D eigenvalue weighted by Gasteiger charge is -2.34. The molecular weight excluding hydrogens is 308 g/mol. The molecule has 0 spiro atoms. The Bertz CT molecular complexity index is 662. The van der Waals surface area contributed by atoms with Crippen LogP contribution in [0.1, 0.15) is 21.6 Å². The molecule has 122 valence electrons. The van der Waals surface area contributed by atoms with Gasteiger partial charge < -0.3 is 10.2 Å². The minimum absolute atomic E-state index is 0.0972. The summed E-state index contributed by atoms with van der Waals surface area (Å²) in [5.74, 6) is 0.0972. The number of anilines is 1. The molecule has 0 bridgehead atoms. The molecule has 5 nitrogen and oxygen atoms in total. The van der Waals surface area contributed by atoms with E-state index in [-0.39, 0.29) is 5.91 Å². The van der Waals surface area contributed by atoms with Crippen molar-refractivity contribution >= 4 is 22.4 Å². The molecule has 1 amide bonds. The summed E-state index contributed by atoms with van der Waals surface area (Å²) in [5, 5.41) is 3.94. The molecule has 0 aliphatic carbocycles. The Kier molecular flexibility index (Phi) is 4.93. The molecule has 3 rings (SSSR count). The van der Waals surface area contributed by atoms with Crippen molar-refractivity contribution in [1.29, 1.82) is 0 Å².